The second-order valence-corrected chi connectivity index (χ2v) is 7.40. The van der Waals surface area contributed by atoms with Crippen molar-refractivity contribution >= 4 is 23.5 Å². The van der Waals surface area contributed by atoms with Crippen LogP contribution in [0.3, 0.4) is 0 Å². The van der Waals surface area contributed by atoms with Gasteiger partial charge in [0.25, 0.3) is 11.6 Å². The number of amides is 1. The minimum atomic E-state index is -0.963. The maximum absolute atomic E-state index is 13.5. The molecule has 11 nitrogen and oxygen atoms in total. The number of hydrogen-bond acceptors (Lipinski definition) is 8. The molecule has 2 N–H and O–H groups in total. The molecule has 3 rings (SSSR count). The molecule has 0 fully saturated rings. The standard InChI is InChI=1S/C23H24N4O7/c1-5-34-22(29)17-10-7-11-26(17)25-21(28)18-13(2)24-14(3)19(23(30)33-4)20(18)15-8-6-9-16(12-15)27(31)32/h6-12,20,24H,5H2,1-4H3,(H,25,28). The molecule has 0 aliphatic carbocycles. The fraction of sp³-hybridized carbons (Fsp3) is 0.261. The fourth-order valence-corrected chi connectivity index (χ4v) is 3.85. The summed E-state index contributed by atoms with van der Waals surface area (Å²) in [5.74, 6) is -2.90. The number of allylic oxidation sites excluding steroid dienone is 2. The summed E-state index contributed by atoms with van der Waals surface area (Å²) in [5, 5.41) is 14.4. The second kappa shape index (κ2) is 10.0. The van der Waals surface area contributed by atoms with Crippen LogP contribution in [0.25, 0.3) is 0 Å². The summed E-state index contributed by atoms with van der Waals surface area (Å²) in [6.07, 6.45) is 1.47. The van der Waals surface area contributed by atoms with E-state index in [2.05, 4.69) is 10.7 Å². The lowest BCUT2D eigenvalue weighted by molar-refractivity contribution is -0.384. The van der Waals surface area contributed by atoms with E-state index in [1.165, 1.54) is 42.2 Å². The van der Waals surface area contributed by atoms with Gasteiger partial charge in [0.15, 0.2) is 0 Å². The van der Waals surface area contributed by atoms with Gasteiger partial charge >= 0.3 is 11.9 Å². The van der Waals surface area contributed by atoms with Crippen LogP contribution in [-0.4, -0.2) is 41.2 Å². The van der Waals surface area contributed by atoms with E-state index in [-0.39, 0.29) is 29.1 Å². The van der Waals surface area contributed by atoms with Gasteiger partial charge in [0.2, 0.25) is 0 Å². The van der Waals surface area contributed by atoms with Gasteiger partial charge in [-0.3, -0.25) is 25.0 Å². The molecule has 1 atom stereocenters. The van der Waals surface area contributed by atoms with E-state index in [0.29, 0.717) is 17.0 Å². The number of aromatic nitrogens is 1. The zero-order chi connectivity index (χ0) is 25.0. The molecule has 1 aliphatic heterocycles. The first-order valence-electron chi connectivity index (χ1n) is 10.4. The molecule has 2 heterocycles. The van der Waals surface area contributed by atoms with Crippen LogP contribution in [0, 0.1) is 10.1 Å². The lowest BCUT2D eigenvalue weighted by atomic mass is 9.80. The van der Waals surface area contributed by atoms with Gasteiger partial charge in [0, 0.05) is 35.3 Å². The molecule has 11 heteroatoms. The predicted molar refractivity (Wildman–Crippen MR) is 121 cm³/mol. The lowest BCUT2D eigenvalue weighted by Crippen LogP contribution is -2.36. The van der Waals surface area contributed by atoms with Gasteiger partial charge in [-0.25, -0.2) is 9.59 Å². The van der Waals surface area contributed by atoms with Crippen LogP contribution in [0.15, 0.2) is 65.1 Å². The summed E-state index contributed by atoms with van der Waals surface area (Å²) >= 11 is 0. The van der Waals surface area contributed by atoms with Gasteiger partial charge in [0.1, 0.15) is 5.69 Å². The van der Waals surface area contributed by atoms with E-state index in [1.54, 1.807) is 32.9 Å². The maximum atomic E-state index is 13.5. The van der Waals surface area contributed by atoms with Crippen LogP contribution >= 0.6 is 0 Å². The number of esters is 2. The molecule has 178 valence electrons. The van der Waals surface area contributed by atoms with E-state index >= 15 is 0 Å². The third-order valence-electron chi connectivity index (χ3n) is 5.28. The van der Waals surface area contributed by atoms with Crippen LogP contribution in [-0.2, 0) is 19.1 Å². The van der Waals surface area contributed by atoms with Crippen molar-refractivity contribution in [1.82, 2.24) is 9.99 Å². The third-order valence-corrected chi connectivity index (χ3v) is 5.28. The molecular weight excluding hydrogens is 444 g/mol. The number of ether oxygens (including phenoxy) is 2. The molecule has 34 heavy (non-hydrogen) atoms. The first-order valence-corrected chi connectivity index (χ1v) is 10.4. The third kappa shape index (κ3) is 4.68. The number of nitrogens with zero attached hydrogens (tertiary/aromatic N) is 2. The highest BCUT2D eigenvalue weighted by Gasteiger charge is 2.38. The maximum Gasteiger partial charge on any atom is 0.356 e. The number of nitro benzene ring substituents is 1. The van der Waals surface area contributed by atoms with E-state index in [9.17, 15) is 24.5 Å². The monoisotopic (exact) mass is 468 g/mol. The van der Waals surface area contributed by atoms with E-state index < -0.39 is 28.7 Å². The van der Waals surface area contributed by atoms with E-state index in [1.807, 2.05) is 0 Å². The Labute approximate surface area is 195 Å². The Hall–Kier alpha value is -4.41. The van der Waals surface area contributed by atoms with Gasteiger partial charge < -0.3 is 14.8 Å². The highest BCUT2D eigenvalue weighted by atomic mass is 16.6. The average molecular weight is 468 g/mol. The van der Waals surface area contributed by atoms with Crippen LogP contribution in [0.4, 0.5) is 5.69 Å². The van der Waals surface area contributed by atoms with Gasteiger partial charge in [0.05, 0.1) is 30.1 Å². The van der Waals surface area contributed by atoms with Gasteiger partial charge in [-0.15, -0.1) is 0 Å². The number of hydrogen-bond donors (Lipinski definition) is 2. The Morgan fingerprint density at radius 2 is 1.82 bits per heavy atom. The molecule has 1 aromatic carbocycles. The van der Waals surface area contributed by atoms with Crippen molar-refractivity contribution in [1.29, 1.82) is 0 Å². The minimum absolute atomic E-state index is 0.101. The smallest absolute Gasteiger partial charge is 0.356 e. The van der Waals surface area contributed by atoms with Gasteiger partial charge in [-0.1, -0.05) is 12.1 Å². The van der Waals surface area contributed by atoms with E-state index in [0.717, 1.165) is 0 Å². The van der Waals surface area contributed by atoms with Crippen molar-refractivity contribution in [2.24, 2.45) is 0 Å². The van der Waals surface area contributed by atoms with Crippen molar-refractivity contribution in [2.45, 2.75) is 26.7 Å². The minimum Gasteiger partial charge on any atom is -0.466 e. The zero-order valence-corrected chi connectivity index (χ0v) is 19.1. The van der Waals surface area contributed by atoms with Crippen LogP contribution in [0.1, 0.15) is 42.7 Å². The van der Waals surface area contributed by atoms with Gasteiger partial charge in [-0.05, 0) is 38.5 Å². The quantitative estimate of drug-likeness (QED) is 0.359. The number of non-ortho nitro benzene ring substituents is 1. The number of methoxy groups -OCH3 is 1. The normalized spacial score (nSPS) is 15.5. The number of nitro groups is 1. The Morgan fingerprint density at radius 1 is 1.12 bits per heavy atom. The summed E-state index contributed by atoms with van der Waals surface area (Å²) in [5.41, 5.74) is 4.05. The predicted octanol–water partition coefficient (Wildman–Crippen LogP) is 2.75. The average Bonchev–Trinajstić information content (AvgIpc) is 3.26. The fourth-order valence-electron chi connectivity index (χ4n) is 3.85. The largest absolute Gasteiger partial charge is 0.466 e. The summed E-state index contributed by atoms with van der Waals surface area (Å²) in [7, 11) is 1.21. The first-order chi connectivity index (χ1) is 16.2. The van der Waals surface area contributed by atoms with Gasteiger partial charge in [-0.2, -0.15) is 0 Å². The summed E-state index contributed by atoms with van der Waals surface area (Å²) in [6, 6.07) is 8.76. The molecule has 0 radical (unpaired) electrons. The van der Waals surface area contributed by atoms with E-state index in [4.69, 9.17) is 9.47 Å². The number of benzene rings is 1. The van der Waals surface area contributed by atoms with Crippen LogP contribution in [0.5, 0.6) is 0 Å². The first kappa shape index (κ1) is 24.2. The Morgan fingerprint density at radius 3 is 2.47 bits per heavy atom. The number of carbonyl (C=O) groups excluding carboxylic acids is 3. The van der Waals surface area contributed by atoms with Crippen molar-refractivity contribution in [3.05, 3.63) is 86.5 Å². The Kier molecular flexibility index (Phi) is 7.15. The van der Waals surface area contributed by atoms with Crippen molar-refractivity contribution in [2.75, 3.05) is 19.1 Å². The molecule has 2 aromatic rings. The molecule has 0 bridgehead atoms. The number of nitrogens with one attached hydrogen (secondary N) is 2. The summed E-state index contributed by atoms with van der Waals surface area (Å²) < 4.78 is 11.2. The lowest BCUT2D eigenvalue weighted by Gasteiger charge is -2.30. The highest BCUT2D eigenvalue weighted by molar-refractivity contribution is 6.06. The van der Waals surface area contributed by atoms with Crippen molar-refractivity contribution in [3.63, 3.8) is 0 Å². The van der Waals surface area contributed by atoms with Crippen LogP contribution in [0.2, 0.25) is 0 Å². The molecule has 1 unspecified atom stereocenters. The molecule has 1 amide bonds. The zero-order valence-electron chi connectivity index (χ0n) is 19.1. The molecule has 1 aliphatic rings. The molecule has 1 aromatic heterocycles. The molecular formula is C23H24N4O7. The van der Waals surface area contributed by atoms with Crippen molar-refractivity contribution < 1.29 is 28.8 Å². The summed E-state index contributed by atoms with van der Waals surface area (Å²) in [4.78, 5) is 49.2. The summed E-state index contributed by atoms with van der Waals surface area (Å²) in [6.45, 7) is 5.13. The van der Waals surface area contributed by atoms with Crippen molar-refractivity contribution in [3.8, 4) is 0 Å². The molecule has 0 saturated heterocycles. The topological polar surface area (TPSA) is 142 Å². The molecule has 0 saturated carbocycles. The molecule has 0 spiro atoms. The Balaban J connectivity index is 2.10. The Bertz CT molecular complexity index is 1230. The van der Waals surface area contributed by atoms with Crippen LogP contribution < -0.4 is 10.7 Å². The number of dihydropyridines is 1. The number of carbonyl (C=O) groups is 3. The number of rotatable bonds is 7. The highest BCUT2D eigenvalue weighted by Crippen LogP contribution is 2.39. The SMILES string of the molecule is CCOC(=O)c1cccn1NC(=O)C1=C(C)NC(C)=C(C(=O)OC)C1c1cccc([N+](=O)[O-])c1. The second-order valence-electron chi connectivity index (χ2n) is 7.40.